The van der Waals surface area contributed by atoms with Gasteiger partial charge in [0.05, 0.1) is 28.0 Å². The fourth-order valence-electron chi connectivity index (χ4n) is 7.94. The number of phenols is 1. The molecule has 8 rings (SSSR count). The number of nitrogens with zero attached hydrogens (tertiary/aromatic N) is 3. The van der Waals surface area contributed by atoms with Crippen molar-refractivity contribution in [3.63, 3.8) is 0 Å². The SMILES string of the molecule is [2H]C([2H])([2H])c1cc(-c2cc(-c3ccccc3)ccn2)cc(-c2cccc3c2nc(-c2cc(C(C)(C)C)cc(C(C)(C)C)c2O)n3-c2ccc(C(C)(C)C)cc2-c2ccccc2)c1. The summed E-state index contributed by atoms with van der Waals surface area (Å²) in [5, 5.41) is 12.5. The van der Waals surface area contributed by atoms with Gasteiger partial charge in [-0.2, -0.15) is 0 Å². The second-order valence-electron chi connectivity index (χ2n) is 18.8. The van der Waals surface area contributed by atoms with E-state index >= 15 is 0 Å². The molecule has 296 valence electrons. The molecule has 1 N–H and O–H groups in total. The Hall–Kier alpha value is -6.26. The van der Waals surface area contributed by atoms with Crippen LogP contribution < -0.4 is 0 Å². The van der Waals surface area contributed by atoms with E-state index in [2.05, 4.69) is 140 Å². The molecule has 0 aliphatic carbocycles. The largest absolute Gasteiger partial charge is 0.507 e. The maximum absolute atomic E-state index is 12.5. The molecule has 0 aliphatic heterocycles. The fourth-order valence-corrected chi connectivity index (χ4v) is 7.94. The summed E-state index contributed by atoms with van der Waals surface area (Å²) >= 11 is 0. The number of rotatable bonds is 6. The van der Waals surface area contributed by atoms with Crippen LogP contribution >= 0.6 is 0 Å². The molecule has 0 radical (unpaired) electrons. The van der Waals surface area contributed by atoms with Crippen LogP contribution in [0.2, 0.25) is 0 Å². The van der Waals surface area contributed by atoms with E-state index in [1.165, 1.54) is 5.56 Å². The Morgan fingerprint density at radius 1 is 0.525 bits per heavy atom. The number of phenolic OH excluding ortho intramolecular Hbond substituents is 1. The van der Waals surface area contributed by atoms with E-state index in [9.17, 15) is 5.11 Å². The molecule has 0 spiro atoms. The van der Waals surface area contributed by atoms with Gasteiger partial charge >= 0.3 is 0 Å². The molecule has 6 aromatic carbocycles. The van der Waals surface area contributed by atoms with Crippen molar-refractivity contribution in [1.29, 1.82) is 0 Å². The molecule has 4 nitrogen and oxygen atoms in total. The molecule has 0 saturated carbocycles. The van der Waals surface area contributed by atoms with Crippen LogP contribution in [0, 0.1) is 6.85 Å². The van der Waals surface area contributed by atoms with Gasteiger partial charge in [0.1, 0.15) is 11.6 Å². The number of aromatic hydroxyl groups is 1. The van der Waals surface area contributed by atoms with Crippen molar-refractivity contribution < 1.29 is 9.22 Å². The highest BCUT2D eigenvalue weighted by Gasteiger charge is 2.29. The molecule has 0 aliphatic rings. The third kappa shape index (κ3) is 7.72. The van der Waals surface area contributed by atoms with Crippen LogP contribution in [-0.2, 0) is 16.2 Å². The minimum atomic E-state index is -2.39. The highest BCUT2D eigenvalue weighted by Crippen LogP contribution is 2.46. The van der Waals surface area contributed by atoms with Gasteiger partial charge < -0.3 is 5.11 Å². The van der Waals surface area contributed by atoms with Crippen molar-refractivity contribution in [2.75, 3.05) is 0 Å². The standard InChI is InChI=1S/C55H55N3O/c1-35-28-39(30-40(29-35)47-31-38(26-27-56-47)36-18-13-11-14-19-36)43-22-17-23-49-50(43)57-52(45-33-42(54(5,6)7)34-46(51(45)59)55(8,9)10)58(49)48-25-24-41(53(2,3)4)32-44(48)37-20-15-12-16-21-37/h11-34,59H,1-10H3/i1D3. The first-order valence-corrected chi connectivity index (χ1v) is 20.5. The van der Waals surface area contributed by atoms with Gasteiger partial charge in [-0.1, -0.05) is 153 Å². The fraction of sp³-hybridized carbons (Fsp3) is 0.236. The minimum Gasteiger partial charge on any atom is -0.507 e. The van der Waals surface area contributed by atoms with Crippen LogP contribution in [0.25, 0.3) is 72.7 Å². The Bertz CT molecular complexity index is 2940. The van der Waals surface area contributed by atoms with Crippen LogP contribution in [0.5, 0.6) is 5.75 Å². The number of aryl methyl sites for hydroxylation is 1. The maximum atomic E-state index is 12.5. The highest BCUT2D eigenvalue weighted by molar-refractivity contribution is 5.98. The quantitative estimate of drug-likeness (QED) is 0.183. The summed E-state index contributed by atoms with van der Waals surface area (Å²) in [5.74, 6) is 0.777. The zero-order valence-corrected chi connectivity index (χ0v) is 35.6. The number of para-hydroxylation sites is 1. The van der Waals surface area contributed by atoms with Gasteiger partial charge in [-0.05, 0) is 111 Å². The van der Waals surface area contributed by atoms with Crippen LogP contribution in [0.4, 0.5) is 0 Å². The van der Waals surface area contributed by atoms with Gasteiger partial charge in [0, 0.05) is 32.6 Å². The maximum Gasteiger partial charge on any atom is 0.149 e. The normalized spacial score (nSPS) is 13.3. The molecule has 0 fully saturated rings. The van der Waals surface area contributed by atoms with Crippen LogP contribution in [0.3, 0.4) is 0 Å². The molecular formula is C55H55N3O. The van der Waals surface area contributed by atoms with Gasteiger partial charge in [0.15, 0.2) is 0 Å². The first kappa shape index (κ1) is 35.9. The van der Waals surface area contributed by atoms with E-state index < -0.39 is 6.85 Å². The van der Waals surface area contributed by atoms with Gasteiger partial charge in [0.2, 0.25) is 0 Å². The molecule has 2 heterocycles. The molecule has 0 bridgehead atoms. The Balaban J connectivity index is 1.47. The molecule has 59 heavy (non-hydrogen) atoms. The number of benzene rings is 6. The van der Waals surface area contributed by atoms with Gasteiger partial charge in [-0.25, -0.2) is 4.98 Å². The minimum absolute atomic E-state index is 0.114. The lowest BCUT2D eigenvalue weighted by atomic mass is 9.79. The third-order valence-corrected chi connectivity index (χ3v) is 11.3. The lowest BCUT2D eigenvalue weighted by Gasteiger charge is -2.28. The zero-order valence-electron chi connectivity index (χ0n) is 38.6. The van der Waals surface area contributed by atoms with Crippen LogP contribution in [-0.4, -0.2) is 19.6 Å². The van der Waals surface area contributed by atoms with Gasteiger partial charge in [-0.3, -0.25) is 9.55 Å². The molecule has 8 aromatic rings. The van der Waals surface area contributed by atoms with Gasteiger partial charge in [0.25, 0.3) is 0 Å². The molecule has 4 heteroatoms. The first-order valence-electron chi connectivity index (χ1n) is 22.0. The van der Waals surface area contributed by atoms with Crippen molar-refractivity contribution in [2.24, 2.45) is 0 Å². The molecule has 0 saturated heterocycles. The van der Waals surface area contributed by atoms with E-state index in [0.29, 0.717) is 33.7 Å². The summed E-state index contributed by atoms with van der Waals surface area (Å²) in [7, 11) is 0. The van der Waals surface area contributed by atoms with Crippen molar-refractivity contribution >= 4 is 11.0 Å². The Labute approximate surface area is 354 Å². The Kier molecular flexibility index (Phi) is 9.02. The topological polar surface area (TPSA) is 50.9 Å². The number of pyridine rings is 1. The predicted octanol–water partition coefficient (Wildman–Crippen LogP) is 14.7. The van der Waals surface area contributed by atoms with Crippen molar-refractivity contribution in [2.45, 2.75) is 85.4 Å². The van der Waals surface area contributed by atoms with Crippen LogP contribution in [0.1, 0.15) is 88.7 Å². The molecule has 0 unspecified atom stereocenters. The monoisotopic (exact) mass is 776 g/mol. The predicted molar refractivity (Wildman–Crippen MR) is 249 cm³/mol. The number of hydrogen-bond donors (Lipinski definition) is 1. The second kappa shape index (κ2) is 14.8. The molecule has 0 atom stereocenters. The number of imidazole rings is 1. The number of fused-ring (bicyclic) bond motifs is 1. The Morgan fingerprint density at radius 3 is 1.85 bits per heavy atom. The average Bonchev–Trinajstić information content (AvgIpc) is 3.62. The molecule has 2 aromatic heterocycles. The van der Waals surface area contributed by atoms with Gasteiger partial charge in [-0.15, -0.1) is 0 Å². The highest BCUT2D eigenvalue weighted by atomic mass is 16.3. The average molecular weight is 777 g/mol. The van der Waals surface area contributed by atoms with Crippen LogP contribution in [0.15, 0.2) is 146 Å². The third-order valence-electron chi connectivity index (χ3n) is 11.3. The van der Waals surface area contributed by atoms with E-state index in [1.54, 1.807) is 18.3 Å². The lowest BCUT2D eigenvalue weighted by Crippen LogP contribution is -2.17. The lowest BCUT2D eigenvalue weighted by molar-refractivity contribution is 0.446. The first-order chi connectivity index (χ1) is 29.2. The summed E-state index contributed by atoms with van der Waals surface area (Å²) in [5.41, 5.74) is 12.6. The molecular weight excluding hydrogens is 719 g/mol. The van der Waals surface area contributed by atoms with Crippen molar-refractivity contribution in [1.82, 2.24) is 14.5 Å². The van der Waals surface area contributed by atoms with E-state index in [0.717, 1.165) is 50.1 Å². The van der Waals surface area contributed by atoms with Crippen molar-refractivity contribution in [3.05, 3.63) is 168 Å². The summed E-state index contributed by atoms with van der Waals surface area (Å²) in [4.78, 5) is 10.3. The summed E-state index contributed by atoms with van der Waals surface area (Å²) in [6.45, 7) is 17.2. The number of aromatic nitrogens is 3. The smallest absolute Gasteiger partial charge is 0.149 e. The molecule has 0 amide bonds. The van der Waals surface area contributed by atoms with Crippen molar-refractivity contribution in [3.8, 4) is 67.5 Å². The summed E-state index contributed by atoms with van der Waals surface area (Å²) in [6, 6.07) is 46.9. The van der Waals surface area contributed by atoms with E-state index in [-0.39, 0.29) is 27.6 Å². The van der Waals surface area contributed by atoms with E-state index in [1.807, 2.05) is 54.6 Å². The summed E-state index contributed by atoms with van der Waals surface area (Å²) < 4.78 is 28.0. The Morgan fingerprint density at radius 2 is 1.19 bits per heavy atom. The second-order valence-corrected chi connectivity index (χ2v) is 18.8. The van der Waals surface area contributed by atoms with E-state index in [4.69, 9.17) is 14.1 Å². The number of hydrogen-bond acceptors (Lipinski definition) is 3. The zero-order chi connectivity index (χ0) is 44.4. The summed E-state index contributed by atoms with van der Waals surface area (Å²) in [6.07, 6.45) is 1.77.